The molecule has 0 aromatic rings. The third-order valence-corrected chi connectivity index (χ3v) is 3.04. The monoisotopic (exact) mass is 166 g/mol. The van der Waals surface area contributed by atoms with E-state index in [2.05, 4.69) is 45.6 Å². The largest absolute Gasteiger partial charge is 0.271 e. The first kappa shape index (κ1) is 9.54. The number of hydrogen-bond donors (Lipinski definition) is 0. The Labute approximate surface area is 75.2 Å². The predicted molar refractivity (Wildman–Crippen MR) is 49.7 cm³/mol. The van der Waals surface area contributed by atoms with Gasteiger partial charge in [0.1, 0.15) is 5.54 Å². The quantitative estimate of drug-likeness (QED) is 0.516. The predicted octanol–water partition coefficient (Wildman–Crippen LogP) is 2.16. The van der Waals surface area contributed by atoms with Crippen molar-refractivity contribution >= 4 is 0 Å². The molecular weight excluding hydrogens is 148 g/mol. The lowest BCUT2D eigenvalue weighted by molar-refractivity contribution is 0.239. The Balaban J connectivity index is 2.97. The molecule has 1 fully saturated rings. The topological polar surface area (TPSA) is 26.8 Å². The number of nitriles is 1. The summed E-state index contributed by atoms with van der Waals surface area (Å²) in [6, 6.07) is 2.39. The van der Waals surface area contributed by atoms with Gasteiger partial charge in [-0.2, -0.15) is 5.26 Å². The Kier molecular flexibility index (Phi) is 1.61. The van der Waals surface area contributed by atoms with Gasteiger partial charge in [0.15, 0.2) is 0 Å². The second-order valence-corrected chi connectivity index (χ2v) is 5.25. The van der Waals surface area contributed by atoms with Gasteiger partial charge in [-0.1, -0.05) is 0 Å². The van der Waals surface area contributed by atoms with Crippen LogP contribution < -0.4 is 0 Å². The summed E-state index contributed by atoms with van der Waals surface area (Å²) in [5, 5.41) is 9.04. The second-order valence-electron chi connectivity index (χ2n) is 5.25. The summed E-state index contributed by atoms with van der Waals surface area (Å²) in [6.45, 7) is 12.7. The molecule has 2 atom stereocenters. The van der Waals surface area contributed by atoms with Crippen LogP contribution in [0.3, 0.4) is 0 Å². The zero-order valence-electron chi connectivity index (χ0n) is 8.89. The molecule has 0 N–H and O–H groups in total. The fourth-order valence-corrected chi connectivity index (χ4v) is 2.45. The highest BCUT2D eigenvalue weighted by Gasteiger charge is 2.70. The average molecular weight is 166 g/mol. The van der Waals surface area contributed by atoms with Crippen molar-refractivity contribution in [3.63, 3.8) is 0 Å². The molecule has 0 bridgehead atoms. The highest BCUT2D eigenvalue weighted by atomic mass is 15.5. The van der Waals surface area contributed by atoms with Crippen LogP contribution in [0, 0.1) is 11.3 Å². The molecule has 0 aromatic heterocycles. The van der Waals surface area contributed by atoms with Crippen LogP contribution in [0.1, 0.15) is 41.5 Å². The zero-order chi connectivity index (χ0) is 9.78. The second kappa shape index (κ2) is 2.03. The summed E-state index contributed by atoms with van der Waals surface area (Å²) >= 11 is 0. The van der Waals surface area contributed by atoms with Gasteiger partial charge in [-0.25, -0.2) is 0 Å². The highest BCUT2D eigenvalue weighted by molar-refractivity contribution is 5.35. The number of nitrogens with zero attached hydrogens (tertiary/aromatic N) is 2. The zero-order valence-corrected chi connectivity index (χ0v) is 8.89. The molecule has 0 saturated carbocycles. The van der Waals surface area contributed by atoms with Crippen molar-refractivity contribution in [1.29, 1.82) is 5.26 Å². The van der Waals surface area contributed by atoms with Gasteiger partial charge in [-0.15, -0.1) is 0 Å². The van der Waals surface area contributed by atoms with Crippen molar-refractivity contribution in [3.05, 3.63) is 0 Å². The van der Waals surface area contributed by atoms with Crippen molar-refractivity contribution in [2.24, 2.45) is 0 Å². The molecule has 1 aliphatic rings. The van der Waals surface area contributed by atoms with Gasteiger partial charge in [0.05, 0.1) is 6.07 Å². The van der Waals surface area contributed by atoms with Crippen LogP contribution in [0.5, 0.6) is 0 Å². The summed E-state index contributed by atoms with van der Waals surface area (Å²) in [5.74, 6) is 0. The van der Waals surface area contributed by atoms with Crippen LogP contribution >= 0.6 is 0 Å². The maximum Gasteiger partial charge on any atom is 0.125 e. The summed E-state index contributed by atoms with van der Waals surface area (Å²) in [4.78, 5) is 2.26. The van der Waals surface area contributed by atoms with Crippen LogP contribution in [0.4, 0.5) is 0 Å². The summed E-state index contributed by atoms with van der Waals surface area (Å²) in [5.41, 5.74) is -0.154. The molecule has 12 heavy (non-hydrogen) atoms. The van der Waals surface area contributed by atoms with E-state index in [1.54, 1.807) is 0 Å². The van der Waals surface area contributed by atoms with Gasteiger partial charge in [0, 0.05) is 11.1 Å². The van der Waals surface area contributed by atoms with Crippen LogP contribution in [-0.2, 0) is 0 Å². The van der Waals surface area contributed by atoms with E-state index in [0.717, 1.165) is 0 Å². The van der Waals surface area contributed by atoms with E-state index in [1.165, 1.54) is 0 Å². The van der Waals surface area contributed by atoms with Gasteiger partial charge >= 0.3 is 0 Å². The van der Waals surface area contributed by atoms with E-state index < -0.39 is 0 Å². The molecule has 2 heteroatoms. The summed E-state index contributed by atoms with van der Waals surface area (Å²) < 4.78 is 0. The first-order chi connectivity index (χ1) is 5.18. The first-order valence-corrected chi connectivity index (χ1v) is 4.39. The van der Waals surface area contributed by atoms with Crippen LogP contribution in [0.15, 0.2) is 0 Å². The fourth-order valence-electron chi connectivity index (χ4n) is 2.45. The van der Waals surface area contributed by atoms with Crippen molar-refractivity contribution in [3.8, 4) is 6.07 Å². The molecule has 1 aliphatic heterocycles. The van der Waals surface area contributed by atoms with Crippen molar-refractivity contribution in [1.82, 2.24) is 4.90 Å². The molecule has 1 heterocycles. The molecule has 0 aromatic carbocycles. The van der Waals surface area contributed by atoms with Crippen LogP contribution in [-0.4, -0.2) is 21.5 Å². The number of rotatable bonds is 0. The Morgan fingerprint density at radius 1 is 1.17 bits per heavy atom. The van der Waals surface area contributed by atoms with Gasteiger partial charge in [-0.05, 0) is 41.5 Å². The Bertz CT molecular complexity index is 242. The molecule has 0 aliphatic carbocycles. The standard InChI is InChI=1S/C10H18N2/c1-8(2,3)12-9(4,5)10(12,6)7-11/h1-6H3. The average Bonchev–Trinajstić information content (AvgIpc) is 2.27. The van der Waals surface area contributed by atoms with Gasteiger partial charge < -0.3 is 0 Å². The molecule has 68 valence electrons. The SMILES string of the molecule is CC(C)(C)N1C(C)(C)C1(C)C#N. The summed E-state index contributed by atoms with van der Waals surface area (Å²) in [7, 11) is 0. The van der Waals surface area contributed by atoms with Crippen molar-refractivity contribution in [2.45, 2.75) is 58.2 Å². The van der Waals surface area contributed by atoms with Crippen molar-refractivity contribution in [2.75, 3.05) is 0 Å². The number of hydrogen-bond acceptors (Lipinski definition) is 2. The molecule has 0 spiro atoms. The van der Waals surface area contributed by atoms with E-state index in [4.69, 9.17) is 5.26 Å². The highest BCUT2D eigenvalue weighted by Crippen LogP contribution is 2.55. The Hall–Kier alpha value is -0.550. The maximum atomic E-state index is 9.04. The van der Waals surface area contributed by atoms with E-state index in [9.17, 15) is 0 Å². The third kappa shape index (κ3) is 0.895. The minimum Gasteiger partial charge on any atom is -0.271 e. The summed E-state index contributed by atoms with van der Waals surface area (Å²) in [6.07, 6.45) is 0. The molecule has 1 rings (SSSR count). The minimum atomic E-state index is -0.273. The molecule has 0 amide bonds. The Morgan fingerprint density at radius 3 is 1.67 bits per heavy atom. The molecule has 0 radical (unpaired) electrons. The molecule has 2 unspecified atom stereocenters. The molecular formula is C10H18N2. The van der Waals surface area contributed by atoms with Gasteiger partial charge in [0.2, 0.25) is 0 Å². The normalized spacial score (nSPS) is 38.9. The third-order valence-electron chi connectivity index (χ3n) is 3.04. The maximum absolute atomic E-state index is 9.04. The Morgan fingerprint density at radius 2 is 1.58 bits per heavy atom. The smallest absolute Gasteiger partial charge is 0.125 e. The van der Waals surface area contributed by atoms with E-state index in [1.807, 2.05) is 6.92 Å². The van der Waals surface area contributed by atoms with Gasteiger partial charge in [0.25, 0.3) is 0 Å². The van der Waals surface area contributed by atoms with E-state index >= 15 is 0 Å². The first-order valence-electron chi connectivity index (χ1n) is 4.39. The lowest BCUT2D eigenvalue weighted by atomic mass is 10.0. The van der Waals surface area contributed by atoms with Crippen LogP contribution in [0.25, 0.3) is 0 Å². The van der Waals surface area contributed by atoms with E-state index in [-0.39, 0.29) is 16.6 Å². The molecule has 1 saturated heterocycles. The van der Waals surface area contributed by atoms with Gasteiger partial charge in [-0.3, -0.25) is 4.90 Å². The molecule has 2 nitrogen and oxygen atoms in total. The fraction of sp³-hybridized carbons (Fsp3) is 0.900. The minimum absolute atomic E-state index is 0.0278. The van der Waals surface area contributed by atoms with E-state index in [0.29, 0.717) is 0 Å². The van der Waals surface area contributed by atoms with Crippen molar-refractivity contribution < 1.29 is 0 Å². The lowest BCUT2D eigenvalue weighted by Gasteiger charge is -2.24. The van der Waals surface area contributed by atoms with Crippen LogP contribution in [0.2, 0.25) is 0 Å². The lowest BCUT2D eigenvalue weighted by Crippen LogP contribution is -2.32.